The van der Waals surface area contributed by atoms with Gasteiger partial charge in [0.05, 0.1) is 23.7 Å². The third-order valence-corrected chi connectivity index (χ3v) is 4.29. The van der Waals surface area contributed by atoms with E-state index < -0.39 is 0 Å². The predicted molar refractivity (Wildman–Crippen MR) is 99.3 cm³/mol. The summed E-state index contributed by atoms with van der Waals surface area (Å²) >= 11 is 3.50. The Kier molecular flexibility index (Phi) is 5.95. The SMILES string of the molecule is CCN(C)/C=N\c1cc(C#N)cc(Cc2cccc(Br)c2)c1C. The van der Waals surface area contributed by atoms with Crippen LogP contribution in [-0.2, 0) is 6.42 Å². The molecular formula is C19H20BrN3. The smallest absolute Gasteiger partial charge is 0.0992 e. The van der Waals surface area contributed by atoms with Gasteiger partial charge in [-0.05, 0) is 61.2 Å². The zero-order chi connectivity index (χ0) is 16.8. The van der Waals surface area contributed by atoms with Crippen molar-refractivity contribution >= 4 is 28.0 Å². The van der Waals surface area contributed by atoms with Crippen LogP contribution >= 0.6 is 15.9 Å². The van der Waals surface area contributed by atoms with E-state index in [1.807, 2.05) is 42.6 Å². The molecule has 2 aromatic rings. The molecule has 0 unspecified atom stereocenters. The molecule has 0 saturated carbocycles. The Morgan fingerprint density at radius 2 is 2.09 bits per heavy atom. The lowest BCUT2D eigenvalue weighted by molar-refractivity contribution is 0.552. The number of nitriles is 1. The number of rotatable bonds is 5. The summed E-state index contributed by atoms with van der Waals surface area (Å²) in [6, 6.07) is 14.3. The third kappa shape index (κ3) is 4.67. The maximum absolute atomic E-state index is 9.29. The fourth-order valence-electron chi connectivity index (χ4n) is 2.25. The minimum Gasteiger partial charge on any atom is -0.366 e. The molecule has 0 bridgehead atoms. The zero-order valence-corrected chi connectivity index (χ0v) is 15.3. The summed E-state index contributed by atoms with van der Waals surface area (Å²) in [6.07, 6.45) is 2.60. The summed E-state index contributed by atoms with van der Waals surface area (Å²) in [7, 11) is 1.98. The van der Waals surface area contributed by atoms with Crippen LogP contribution in [0.2, 0.25) is 0 Å². The number of halogens is 1. The van der Waals surface area contributed by atoms with Gasteiger partial charge in [0.2, 0.25) is 0 Å². The molecule has 0 fully saturated rings. The van der Waals surface area contributed by atoms with Crippen molar-refractivity contribution in [3.63, 3.8) is 0 Å². The quantitative estimate of drug-likeness (QED) is 0.559. The average Bonchev–Trinajstić information content (AvgIpc) is 2.55. The summed E-state index contributed by atoms with van der Waals surface area (Å²) in [5, 5.41) is 9.29. The molecule has 2 rings (SSSR count). The van der Waals surface area contributed by atoms with Crippen LogP contribution in [0.15, 0.2) is 45.9 Å². The van der Waals surface area contributed by atoms with Crippen LogP contribution in [0.25, 0.3) is 0 Å². The summed E-state index contributed by atoms with van der Waals surface area (Å²) in [4.78, 5) is 6.55. The molecule has 2 aromatic carbocycles. The van der Waals surface area contributed by atoms with Gasteiger partial charge in [-0.3, -0.25) is 0 Å². The highest BCUT2D eigenvalue weighted by atomic mass is 79.9. The van der Waals surface area contributed by atoms with Crippen molar-refractivity contribution in [3.8, 4) is 6.07 Å². The normalized spacial score (nSPS) is 10.7. The Morgan fingerprint density at radius 3 is 2.74 bits per heavy atom. The van der Waals surface area contributed by atoms with Crippen LogP contribution in [0.5, 0.6) is 0 Å². The van der Waals surface area contributed by atoms with Crippen molar-refractivity contribution < 1.29 is 0 Å². The second-order valence-electron chi connectivity index (χ2n) is 5.52. The molecule has 4 heteroatoms. The molecule has 0 aliphatic carbocycles. The molecule has 0 aromatic heterocycles. The summed E-state index contributed by atoms with van der Waals surface area (Å²) in [5.41, 5.74) is 4.96. The van der Waals surface area contributed by atoms with E-state index in [9.17, 15) is 5.26 Å². The lowest BCUT2D eigenvalue weighted by atomic mass is 9.97. The Morgan fingerprint density at radius 1 is 1.30 bits per heavy atom. The molecule has 118 valence electrons. The fourth-order valence-corrected chi connectivity index (χ4v) is 2.70. The topological polar surface area (TPSA) is 39.4 Å². The van der Waals surface area contributed by atoms with E-state index in [0.29, 0.717) is 5.56 Å². The van der Waals surface area contributed by atoms with Gasteiger partial charge in [-0.2, -0.15) is 5.26 Å². The third-order valence-electron chi connectivity index (χ3n) is 3.79. The van der Waals surface area contributed by atoms with Crippen molar-refractivity contribution in [2.45, 2.75) is 20.3 Å². The van der Waals surface area contributed by atoms with Crippen molar-refractivity contribution in [2.75, 3.05) is 13.6 Å². The molecule has 0 spiro atoms. The van der Waals surface area contributed by atoms with Gasteiger partial charge < -0.3 is 4.90 Å². The van der Waals surface area contributed by atoms with Gasteiger partial charge in [0.1, 0.15) is 0 Å². The monoisotopic (exact) mass is 369 g/mol. The highest BCUT2D eigenvalue weighted by Gasteiger charge is 2.08. The van der Waals surface area contributed by atoms with E-state index in [1.165, 1.54) is 5.56 Å². The first kappa shape index (κ1) is 17.2. The van der Waals surface area contributed by atoms with Crippen molar-refractivity contribution in [3.05, 3.63) is 63.1 Å². The van der Waals surface area contributed by atoms with Gasteiger partial charge in [0.15, 0.2) is 0 Å². The van der Waals surface area contributed by atoms with E-state index in [4.69, 9.17) is 0 Å². The van der Waals surface area contributed by atoms with Gasteiger partial charge in [0.25, 0.3) is 0 Å². The molecule has 0 aliphatic rings. The number of aliphatic imine (C=N–C) groups is 1. The first-order valence-electron chi connectivity index (χ1n) is 7.56. The Balaban J connectivity index is 2.39. The first-order valence-corrected chi connectivity index (χ1v) is 8.35. The maximum Gasteiger partial charge on any atom is 0.0992 e. The van der Waals surface area contributed by atoms with Crippen LogP contribution in [0.3, 0.4) is 0 Å². The fraction of sp³-hybridized carbons (Fsp3) is 0.263. The van der Waals surface area contributed by atoms with Crippen molar-refractivity contribution in [1.82, 2.24) is 4.90 Å². The Hall–Kier alpha value is -2.12. The van der Waals surface area contributed by atoms with Gasteiger partial charge in [-0.1, -0.05) is 28.1 Å². The van der Waals surface area contributed by atoms with Crippen LogP contribution in [0.1, 0.15) is 29.2 Å². The van der Waals surface area contributed by atoms with Gasteiger partial charge >= 0.3 is 0 Å². The summed E-state index contributed by atoms with van der Waals surface area (Å²) < 4.78 is 1.06. The van der Waals surface area contributed by atoms with E-state index >= 15 is 0 Å². The molecule has 0 saturated heterocycles. The minimum atomic E-state index is 0.645. The number of hydrogen-bond donors (Lipinski definition) is 0. The van der Waals surface area contributed by atoms with Gasteiger partial charge in [0, 0.05) is 18.1 Å². The van der Waals surface area contributed by atoms with Crippen LogP contribution < -0.4 is 0 Å². The van der Waals surface area contributed by atoms with Crippen LogP contribution in [-0.4, -0.2) is 24.8 Å². The molecule has 0 radical (unpaired) electrons. The molecule has 23 heavy (non-hydrogen) atoms. The summed E-state index contributed by atoms with van der Waals surface area (Å²) in [6.45, 7) is 5.03. The Bertz CT molecular complexity index is 760. The van der Waals surface area contributed by atoms with Gasteiger partial charge in [-0.15, -0.1) is 0 Å². The van der Waals surface area contributed by atoms with E-state index in [0.717, 1.165) is 34.3 Å². The minimum absolute atomic E-state index is 0.645. The lowest BCUT2D eigenvalue weighted by Gasteiger charge is -2.12. The van der Waals surface area contributed by atoms with Crippen molar-refractivity contribution in [2.24, 2.45) is 4.99 Å². The highest BCUT2D eigenvalue weighted by molar-refractivity contribution is 9.10. The van der Waals surface area contributed by atoms with E-state index in [-0.39, 0.29) is 0 Å². The molecule has 3 nitrogen and oxygen atoms in total. The Labute approximate surface area is 146 Å². The van der Waals surface area contributed by atoms with Gasteiger partial charge in [-0.25, -0.2) is 4.99 Å². The maximum atomic E-state index is 9.29. The molecule has 0 heterocycles. The highest BCUT2D eigenvalue weighted by Crippen LogP contribution is 2.26. The molecule has 0 amide bonds. The number of hydrogen-bond acceptors (Lipinski definition) is 2. The van der Waals surface area contributed by atoms with E-state index in [2.05, 4.69) is 53.0 Å². The van der Waals surface area contributed by atoms with Crippen LogP contribution in [0.4, 0.5) is 5.69 Å². The second kappa shape index (κ2) is 7.94. The van der Waals surface area contributed by atoms with Crippen molar-refractivity contribution in [1.29, 1.82) is 5.26 Å². The largest absolute Gasteiger partial charge is 0.366 e. The number of benzene rings is 2. The molecular weight excluding hydrogens is 350 g/mol. The molecule has 0 atom stereocenters. The molecule has 0 N–H and O–H groups in total. The predicted octanol–water partition coefficient (Wildman–Crippen LogP) is 4.83. The van der Waals surface area contributed by atoms with Crippen LogP contribution in [0, 0.1) is 18.3 Å². The summed E-state index contributed by atoms with van der Waals surface area (Å²) in [5.74, 6) is 0. The average molecular weight is 370 g/mol. The van der Waals surface area contributed by atoms with E-state index in [1.54, 1.807) is 0 Å². The second-order valence-corrected chi connectivity index (χ2v) is 6.43. The first-order chi connectivity index (χ1) is 11.0. The zero-order valence-electron chi connectivity index (χ0n) is 13.7. The number of nitrogens with zero attached hydrogens (tertiary/aromatic N) is 3. The molecule has 0 aliphatic heterocycles. The standard InChI is InChI=1S/C19H20BrN3/c1-4-23(3)13-22-19-11-16(12-21)9-17(14(19)2)8-15-6-5-7-18(20)10-15/h5-7,9-11,13H,4,8H2,1-3H3/b22-13-. The lowest BCUT2D eigenvalue weighted by Crippen LogP contribution is -2.14.